The average molecular weight is 898 g/mol. The van der Waals surface area contributed by atoms with Crippen LogP contribution in [0.3, 0.4) is 0 Å². The monoisotopic (exact) mass is 897 g/mol. The van der Waals surface area contributed by atoms with Gasteiger partial charge in [0.1, 0.15) is 48.6 Å². The van der Waals surface area contributed by atoms with Crippen LogP contribution in [0.25, 0.3) is 0 Å². The second-order valence-corrected chi connectivity index (χ2v) is 16.6. The molecule has 7 unspecified atom stereocenters. The van der Waals surface area contributed by atoms with Crippen LogP contribution in [0.2, 0.25) is 0 Å². The first kappa shape index (κ1) is 51.5. The molecule has 0 radical (unpaired) electrons. The number of likely N-dealkylation sites (N-methyl/N-ethyl adjacent to an activating group) is 1. The molecule has 3 rings (SSSR count). The van der Waals surface area contributed by atoms with E-state index in [-0.39, 0.29) is 57.2 Å². The number of urea groups is 1. The summed E-state index contributed by atoms with van der Waals surface area (Å²) >= 11 is 1.43. The Hall–Kier alpha value is -5.85. The van der Waals surface area contributed by atoms with Crippen molar-refractivity contribution >= 4 is 59.3 Å². The molecule has 0 aromatic heterocycles. The van der Waals surface area contributed by atoms with Gasteiger partial charge in [-0.3, -0.25) is 28.8 Å². The molecule has 0 saturated carbocycles. The molecule has 0 bridgehead atoms. The number of nitrogens with zero attached hydrogens (tertiary/aromatic N) is 1. The molecule has 0 spiro atoms. The van der Waals surface area contributed by atoms with E-state index in [2.05, 4.69) is 31.9 Å². The van der Waals surface area contributed by atoms with Crippen LogP contribution in [-0.2, 0) is 51.1 Å². The van der Waals surface area contributed by atoms with E-state index in [0.29, 0.717) is 18.6 Å². The van der Waals surface area contributed by atoms with Crippen LogP contribution in [0.5, 0.6) is 5.75 Å². The molecule has 1 aliphatic heterocycles. The van der Waals surface area contributed by atoms with Crippen molar-refractivity contribution in [3.8, 4) is 5.75 Å². The summed E-state index contributed by atoms with van der Waals surface area (Å²) in [6.45, 7) is 4.13. The van der Waals surface area contributed by atoms with E-state index in [9.17, 15) is 48.6 Å². The number of carboxylic acids is 1. The first-order chi connectivity index (χ1) is 30.0. The van der Waals surface area contributed by atoms with Gasteiger partial charge >= 0.3 is 18.0 Å². The van der Waals surface area contributed by atoms with Gasteiger partial charge in [0, 0.05) is 20.5 Å². The fourth-order valence-electron chi connectivity index (χ4n) is 6.88. The van der Waals surface area contributed by atoms with E-state index in [1.165, 1.54) is 35.8 Å². The summed E-state index contributed by atoms with van der Waals surface area (Å²) in [5, 5.41) is 35.6. The number of phenols is 1. The third-order valence-electron chi connectivity index (χ3n) is 10.9. The van der Waals surface area contributed by atoms with Gasteiger partial charge in [0.25, 0.3) is 0 Å². The Morgan fingerprint density at radius 2 is 1.48 bits per heavy atom. The molecule has 1 fully saturated rings. The molecule has 0 aliphatic carbocycles. The Morgan fingerprint density at radius 3 is 2.11 bits per heavy atom. The summed E-state index contributed by atoms with van der Waals surface area (Å²) < 4.78 is 5.15. The Kier molecular flexibility index (Phi) is 21.7. The van der Waals surface area contributed by atoms with Gasteiger partial charge in [-0.25, -0.2) is 9.59 Å². The standard InChI is InChI=1S/C44H63N7O11S/c1-6-27(2)37(43(59)60)50-44(61)49-32-14-10-11-24-45-38(54)35(26-62-28(3)52)48-41(57)36(22-18-30-15-19-31(53)20-16-30)51(4)42(58)34(21-17-29-12-8-7-9-13-29)47-40(56)33(23-25-63-5)46-39(32)55/h7-9,12-13,15-16,19-20,27,32-37,53H,6,10-11,14,17-18,21-26H2,1-5H3,(H,45,54)(H,46,55)(H,47,56)(H,48,57)(H,59,60)(H2,49,50,61). The number of thioether (sulfide) groups is 1. The average Bonchev–Trinajstić information content (AvgIpc) is 3.26. The topological polar surface area (TPSA) is 262 Å². The van der Waals surface area contributed by atoms with Gasteiger partial charge in [-0.1, -0.05) is 62.7 Å². The number of esters is 1. The molecule has 1 aliphatic rings. The number of hydrogen-bond donors (Lipinski definition) is 8. The van der Waals surface area contributed by atoms with Gasteiger partial charge in [0.2, 0.25) is 29.5 Å². The third kappa shape index (κ3) is 17.4. The number of ether oxygens (including phenoxy) is 1. The normalized spacial score (nSPS) is 21.8. The van der Waals surface area contributed by atoms with Crippen LogP contribution in [0.1, 0.15) is 76.8 Å². The Morgan fingerprint density at radius 1 is 0.841 bits per heavy atom. The van der Waals surface area contributed by atoms with Crippen molar-refractivity contribution in [1.82, 2.24) is 36.8 Å². The van der Waals surface area contributed by atoms with Crippen molar-refractivity contribution in [3.63, 3.8) is 0 Å². The van der Waals surface area contributed by atoms with Crippen LogP contribution in [-0.4, -0.2) is 131 Å². The first-order valence-electron chi connectivity index (χ1n) is 21.2. The molecule has 346 valence electrons. The van der Waals surface area contributed by atoms with Gasteiger partial charge in [0.15, 0.2) is 0 Å². The quantitative estimate of drug-likeness (QED) is 0.113. The molecule has 7 atom stereocenters. The van der Waals surface area contributed by atoms with Gasteiger partial charge in [-0.15, -0.1) is 0 Å². The van der Waals surface area contributed by atoms with E-state index >= 15 is 0 Å². The number of benzene rings is 2. The van der Waals surface area contributed by atoms with E-state index < -0.39 is 96.3 Å². The lowest BCUT2D eigenvalue weighted by atomic mass is 9.99. The Balaban J connectivity index is 2.07. The summed E-state index contributed by atoms with van der Waals surface area (Å²) in [6.07, 6.45) is 3.75. The van der Waals surface area contributed by atoms with Crippen LogP contribution in [0.4, 0.5) is 4.79 Å². The highest BCUT2D eigenvalue weighted by Gasteiger charge is 2.36. The third-order valence-corrected chi connectivity index (χ3v) is 11.5. The zero-order valence-corrected chi connectivity index (χ0v) is 37.5. The maximum atomic E-state index is 14.6. The van der Waals surface area contributed by atoms with Crippen LogP contribution >= 0.6 is 11.8 Å². The number of carbonyl (C=O) groups excluding carboxylic acids is 7. The highest BCUT2D eigenvalue weighted by molar-refractivity contribution is 7.98. The second kappa shape index (κ2) is 26.6. The van der Waals surface area contributed by atoms with E-state index in [1.807, 2.05) is 36.6 Å². The highest BCUT2D eigenvalue weighted by Crippen LogP contribution is 2.17. The van der Waals surface area contributed by atoms with E-state index in [0.717, 1.165) is 18.1 Å². The number of rotatable bonds is 16. The Labute approximate surface area is 372 Å². The number of carboxylic acid groups (broad SMARTS) is 1. The fourth-order valence-corrected chi connectivity index (χ4v) is 7.35. The molecule has 19 heteroatoms. The van der Waals surface area contributed by atoms with E-state index in [1.54, 1.807) is 26.0 Å². The SMILES string of the molecule is CCC(C)C(NC(=O)NC1CCCCNC(=O)C(COC(C)=O)NC(=O)C(CCc2ccc(O)cc2)N(C)C(=O)C(CCc2ccccc2)NC(=O)C(CCSC)NC1=O)C(=O)O. The fraction of sp³-hybridized carbons (Fsp3) is 0.545. The minimum atomic E-state index is -1.37. The zero-order valence-electron chi connectivity index (χ0n) is 36.6. The van der Waals surface area contributed by atoms with Crippen molar-refractivity contribution in [2.45, 2.75) is 115 Å². The molecule has 18 nitrogen and oxygen atoms in total. The molecular weight excluding hydrogens is 835 g/mol. The number of phenolic OH excluding ortho intramolecular Hbond substituents is 1. The predicted octanol–water partition coefficient (Wildman–Crippen LogP) is 2.02. The number of hydrogen-bond acceptors (Lipinski definition) is 11. The smallest absolute Gasteiger partial charge is 0.326 e. The summed E-state index contributed by atoms with van der Waals surface area (Å²) in [5.74, 6) is -5.34. The lowest BCUT2D eigenvalue weighted by molar-refractivity contribution is -0.146. The second-order valence-electron chi connectivity index (χ2n) is 15.6. The first-order valence-corrected chi connectivity index (χ1v) is 22.6. The molecule has 63 heavy (non-hydrogen) atoms. The number of nitrogens with one attached hydrogen (secondary N) is 6. The van der Waals surface area contributed by atoms with Crippen molar-refractivity contribution < 1.29 is 53.3 Å². The minimum absolute atomic E-state index is 0.0202. The molecule has 2 aromatic carbocycles. The van der Waals surface area contributed by atoms with E-state index in [4.69, 9.17) is 4.74 Å². The van der Waals surface area contributed by atoms with Crippen molar-refractivity contribution in [1.29, 1.82) is 0 Å². The number of aromatic hydroxyl groups is 1. The number of amides is 7. The number of carbonyl (C=O) groups is 8. The number of aryl methyl sites for hydroxylation is 2. The molecular formula is C44H63N7O11S. The lowest BCUT2D eigenvalue weighted by Crippen LogP contribution is -2.60. The van der Waals surface area contributed by atoms with Crippen molar-refractivity contribution in [2.75, 3.05) is 32.2 Å². The molecule has 2 aromatic rings. The summed E-state index contributed by atoms with van der Waals surface area (Å²) in [4.78, 5) is 109. The predicted molar refractivity (Wildman–Crippen MR) is 236 cm³/mol. The van der Waals surface area contributed by atoms with Crippen LogP contribution in [0, 0.1) is 5.92 Å². The minimum Gasteiger partial charge on any atom is -0.508 e. The van der Waals surface area contributed by atoms with Gasteiger partial charge < -0.3 is 51.8 Å². The van der Waals surface area contributed by atoms with Gasteiger partial charge in [0.05, 0.1) is 0 Å². The van der Waals surface area contributed by atoms with Crippen molar-refractivity contribution in [2.24, 2.45) is 5.92 Å². The van der Waals surface area contributed by atoms with Gasteiger partial charge in [-0.2, -0.15) is 11.8 Å². The summed E-state index contributed by atoms with van der Waals surface area (Å²) in [6, 6.07) is 7.25. The maximum Gasteiger partial charge on any atom is 0.326 e. The zero-order chi connectivity index (χ0) is 46.5. The molecule has 7 amide bonds. The highest BCUT2D eigenvalue weighted by atomic mass is 32.2. The van der Waals surface area contributed by atoms with Crippen LogP contribution in [0.15, 0.2) is 54.6 Å². The summed E-state index contributed by atoms with van der Waals surface area (Å²) in [7, 11) is 1.42. The van der Waals surface area contributed by atoms with Crippen LogP contribution < -0.4 is 31.9 Å². The maximum absolute atomic E-state index is 14.6. The molecule has 1 saturated heterocycles. The molecule has 1 heterocycles. The molecule has 8 N–H and O–H groups in total. The van der Waals surface area contributed by atoms with Crippen molar-refractivity contribution in [3.05, 3.63) is 65.7 Å². The number of aliphatic carboxylic acids is 1. The largest absolute Gasteiger partial charge is 0.508 e. The Bertz CT molecular complexity index is 1850. The summed E-state index contributed by atoms with van der Waals surface area (Å²) in [5.41, 5.74) is 1.62. The van der Waals surface area contributed by atoms with Gasteiger partial charge in [-0.05, 0) is 92.6 Å². The lowest BCUT2D eigenvalue weighted by Gasteiger charge is -2.32.